The third-order valence-electron chi connectivity index (χ3n) is 6.42. The minimum absolute atomic E-state index is 0.181. The van der Waals surface area contributed by atoms with E-state index < -0.39 is 0 Å². The van der Waals surface area contributed by atoms with Crippen LogP contribution in [0.25, 0.3) is 11.3 Å². The summed E-state index contributed by atoms with van der Waals surface area (Å²) in [5, 5.41) is 1.99. The molecule has 168 valence electrons. The van der Waals surface area contributed by atoms with Crippen LogP contribution in [0.1, 0.15) is 40.4 Å². The summed E-state index contributed by atoms with van der Waals surface area (Å²) < 4.78 is 12.5. The minimum Gasteiger partial charge on any atom is -0.467 e. The average molecular weight is 448 g/mol. The van der Waals surface area contributed by atoms with E-state index in [0.717, 1.165) is 45.2 Å². The number of hydrogen-bond donors (Lipinski definition) is 0. The molecule has 5 aromatic rings. The smallest absolute Gasteiger partial charge is 0.143 e. The minimum atomic E-state index is -0.311. The van der Waals surface area contributed by atoms with Crippen molar-refractivity contribution in [2.24, 2.45) is 0 Å². The molecule has 3 heterocycles. The Balaban J connectivity index is 1.62. The highest BCUT2D eigenvalue weighted by Crippen LogP contribution is 2.47. The third-order valence-corrected chi connectivity index (χ3v) is 6.42. The maximum Gasteiger partial charge on any atom is 0.143 e. The number of para-hydroxylation sites is 1. The van der Waals surface area contributed by atoms with Crippen molar-refractivity contribution in [1.82, 2.24) is 0 Å². The molecule has 0 aliphatic carbocycles. The second-order valence-electron chi connectivity index (χ2n) is 8.53. The van der Waals surface area contributed by atoms with Crippen LogP contribution in [0.5, 0.6) is 0 Å². The number of benzene rings is 3. The van der Waals surface area contributed by atoms with Gasteiger partial charge in [-0.3, -0.25) is 4.84 Å². The van der Waals surface area contributed by atoms with E-state index in [1.54, 1.807) is 6.26 Å². The molecule has 0 amide bonds. The Morgan fingerprint density at radius 2 is 1.44 bits per heavy atom. The van der Waals surface area contributed by atoms with Gasteiger partial charge in [-0.1, -0.05) is 78.9 Å². The fourth-order valence-electron chi connectivity index (χ4n) is 4.82. The van der Waals surface area contributed by atoms with E-state index >= 15 is 0 Å². The maximum absolute atomic E-state index is 6.84. The normalized spacial score (nSPS) is 17.9. The number of hydroxylamine groups is 1. The van der Waals surface area contributed by atoms with E-state index in [1.807, 2.05) is 66.6 Å². The number of aryl methyl sites for hydroxylation is 1. The number of rotatable bonds is 4. The molecule has 0 spiro atoms. The van der Waals surface area contributed by atoms with Gasteiger partial charge in [-0.05, 0) is 36.8 Å². The monoisotopic (exact) mass is 447 g/mol. The largest absolute Gasteiger partial charge is 0.467 e. The highest BCUT2D eigenvalue weighted by Gasteiger charge is 2.39. The fraction of sp³-hybridized carbons (Fsp3) is 0.133. The van der Waals surface area contributed by atoms with Gasteiger partial charge in [-0.15, -0.1) is 0 Å². The van der Waals surface area contributed by atoms with Crippen molar-refractivity contribution in [2.75, 3.05) is 5.06 Å². The molecule has 0 unspecified atom stereocenters. The van der Waals surface area contributed by atoms with Crippen molar-refractivity contribution in [2.45, 2.75) is 25.5 Å². The van der Waals surface area contributed by atoms with Gasteiger partial charge in [0.25, 0.3) is 0 Å². The Labute approximate surface area is 199 Å². The molecule has 0 bridgehead atoms. The lowest BCUT2D eigenvalue weighted by Crippen LogP contribution is -2.30. The van der Waals surface area contributed by atoms with Crippen LogP contribution in [0.15, 0.2) is 118 Å². The van der Waals surface area contributed by atoms with Crippen LogP contribution in [-0.2, 0) is 11.3 Å². The highest BCUT2D eigenvalue weighted by atomic mass is 16.7. The van der Waals surface area contributed by atoms with Gasteiger partial charge in [0.2, 0.25) is 0 Å². The molecule has 0 saturated carbocycles. The van der Waals surface area contributed by atoms with Crippen LogP contribution >= 0.6 is 0 Å². The average Bonchev–Trinajstić information content (AvgIpc) is 3.49. The molecule has 0 radical (unpaired) electrons. The maximum atomic E-state index is 6.84. The van der Waals surface area contributed by atoms with Gasteiger partial charge in [-0.25, -0.2) is 5.06 Å². The zero-order valence-electron chi connectivity index (χ0n) is 18.9. The molecule has 6 rings (SSSR count). The van der Waals surface area contributed by atoms with Gasteiger partial charge in [-0.2, -0.15) is 0 Å². The van der Waals surface area contributed by atoms with E-state index in [-0.39, 0.29) is 12.1 Å². The van der Waals surface area contributed by atoms with E-state index in [4.69, 9.17) is 13.7 Å². The van der Waals surface area contributed by atoms with Crippen LogP contribution in [0.4, 0.5) is 5.69 Å². The molecule has 2 aromatic heterocycles. The first-order chi connectivity index (χ1) is 16.8. The second-order valence-corrected chi connectivity index (χ2v) is 8.53. The van der Waals surface area contributed by atoms with Crippen LogP contribution in [-0.4, -0.2) is 0 Å². The van der Waals surface area contributed by atoms with Crippen molar-refractivity contribution < 1.29 is 13.7 Å². The third kappa shape index (κ3) is 3.62. The molecular formula is C30H25NO3. The van der Waals surface area contributed by atoms with Crippen molar-refractivity contribution >= 4 is 5.69 Å². The second kappa shape index (κ2) is 8.73. The molecule has 4 nitrogen and oxygen atoms in total. The van der Waals surface area contributed by atoms with Crippen molar-refractivity contribution in [3.63, 3.8) is 0 Å². The predicted octanol–water partition coefficient (Wildman–Crippen LogP) is 7.67. The number of furan rings is 2. The summed E-state index contributed by atoms with van der Waals surface area (Å²) in [5.74, 6) is 2.56. The number of hydrogen-bond acceptors (Lipinski definition) is 4. The van der Waals surface area contributed by atoms with Gasteiger partial charge in [0.1, 0.15) is 29.4 Å². The first-order valence-corrected chi connectivity index (χ1v) is 11.6. The topological polar surface area (TPSA) is 38.8 Å². The van der Waals surface area contributed by atoms with Crippen LogP contribution in [0.2, 0.25) is 0 Å². The Morgan fingerprint density at radius 3 is 2.12 bits per heavy atom. The van der Waals surface area contributed by atoms with Crippen molar-refractivity contribution in [3.05, 3.63) is 138 Å². The summed E-state index contributed by atoms with van der Waals surface area (Å²) in [6, 6.07) is 34.5. The van der Waals surface area contributed by atoms with Crippen LogP contribution in [0, 0.1) is 6.92 Å². The summed E-state index contributed by atoms with van der Waals surface area (Å²) in [7, 11) is 0. The molecule has 1 aliphatic rings. The first kappa shape index (κ1) is 20.6. The summed E-state index contributed by atoms with van der Waals surface area (Å²) in [6.45, 7) is 2.05. The Morgan fingerprint density at radius 1 is 0.765 bits per heavy atom. The number of fused-ring (bicyclic) bond motifs is 1. The van der Waals surface area contributed by atoms with Crippen molar-refractivity contribution in [3.8, 4) is 11.3 Å². The lowest BCUT2D eigenvalue weighted by atomic mass is 9.92. The lowest BCUT2D eigenvalue weighted by Gasteiger charge is -2.32. The molecule has 0 N–H and O–H groups in total. The zero-order chi connectivity index (χ0) is 22.9. The zero-order valence-corrected chi connectivity index (χ0v) is 18.9. The summed E-state index contributed by atoms with van der Waals surface area (Å²) in [5.41, 5.74) is 5.36. The molecule has 4 heteroatoms. The standard InChI is InChI=1S/C30H25NO3/c1-21-25-20-27(22-12-5-2-6-13-22)34-31(24-16-9-4-10-17-24)29(26-18-11-19-32-26)28(25)30(33-21)23-14-7-3-8-15-23/h2-19,27,29H,20H2,1H3/t27-,29-/m1/s1. The molecule has 1 aliphatic heterocycles. The molecule has 0 saturated heterocycles. The Bertz CT molecular complexity index is 1360. The highest BCUT2D eigenvalue weighted by molar-refractivity contribution is 5.68. The molecule has 34 heavy (non-hydrogen) atoms. The van der Waals surface area contributed by atoms with Crippen molar-refractivity contribution in [1.29, 1.82) is 0 Å². The van der Waals surface area contributed by atoms with E-state index in [9.17, 15) is 0 Å². The van der Waals surface area contributed by atoms with Gasteiger partial charge in [0.05, 0.1) is 12.0 Å². The number of nitrogens with zero attached hydrogens (tertiary/aromatic N) is 1. The van der Waals surface area contributed by atoms with E-state index in [2.05, 4.69) is 48.5 Å². The lowest BCUT2D eigenvalue weighted by molar-refractivity contribution is 0.0234. The number of anilines is 1. The van der Waals surface area contributed by atoms with E-state index in [0.29, 0.717) is 6.42 Å². The summed E-state index contributed by atoms with van der Waals surface area (Å²) in [6.07, 6.45) is 2.23. The Hall–Kier alpha value is -4.02. The van der Waals surface area contributed by atoms with E-state index in [1.165, 1.54) is 0 Å². The first-order valence-electron chi connectivity index (χ1n) is 11.6. The predicted molar refractivity (Wildman–Crippen MR) is 132 cm³/mol. The van der Waals surface area contributed by atoms with Gasteiger partial charge in [0, 0.05) is 23.1 Å². The summed E-state index contributed by atoms with van der Waals surface area (Å²) in [4.78, 5) is 6.84. The Kier molecular flexibility index (Phi) is 5.28. The van der Waals surface area contributed by atoms with Gasteiger partial charge < -0.3 is 8.83 Å². The molecular weight excluding hydrogens is 422 g/mol. The quantitative estimate of drug-likeness (QED) is 0.283. The summed E-state index contributed by atoms with van der Waals surface area (Å²) >= 11 is 0. The van der Waals surface area contributed by atoms with Crippen LogP contribution < -0.4 is 5.06 Å². The van der Waals surface area contributed by atoms with Gasteiger partial charge in [0.15, 0.2) is 0 Å². The SMILES string of the molecule is Cc1oc(-c2ccccc2)c2c1C[C@H](c1ccccc1)ON(c1ccccc1)[C@@H]2c1ccco1. The molecule has 2 atom stereocenters. The molecule has 3 aromatic carbocycles. The fourth-order valence-corrected chi connectivity index (χ4v) is 4.82. The van der Waals surface area contributed by atoms with Gasteiger partial charge >= 0.3 is 0 Å². The van der Waals surface area contributed by atoms with Crippen LogP contribution in [0.3, 0.4) is 0 Å². The molecule has 0 fully saturated rings.